The van der Waals surface area contributed by atoms with E-state index in [1.54, 1.807) is 0 Å². The topological polar surface area (TPSA) is 65.3 Å². The molecule has 0 unspecified atom stereocenters. The summed E-state index contributed by atoms with van der Waals surface area (Å²) in [7, 11) is 0. The predicted octanol–water partition coefficient (Wildman–Crippen LogP) is 1.64. The molecule has 1 aromatic carbocycles. The van der Waals surface area contributed by atoms with Crippen LogP contribution in [0.4, 0.5) is 0 Å². The van der Waals surface area contributed by atoms with Crippen LogP contribution in [0.5, 0.6) is 0 Å². The van der Waals surface area contributed by atoms with Crippen LogP contribution in [0, 0.1) is 5.92 Å². The van der Waals surface area contributed by atoms with Crippen molar-refractivity contribution in [3.05, 3.63) is 36.2 Å². The molecule has 0 bridgehead atoms. The average Bonchev–Trinajstić information content (AvgIpc) is 3.26. The summed E-state index contributed by atoms with van der Waals surface area (Å²) in [6.07, 6.45) is 2.27. The monoisotopic (exact) mass is 329 g/mol. The van der Waals surface area contributed by atoms with E-state index in [4.69, 9.17) is 9.47 Å². The van der Waals surface area contributed by atoms with Crippen LogP contribution >= 0.6 is 0 Å². The Bertz CT molecular complexity index is 669. The van der Waals surface area contributed by atoms with Crippen LogP contribution in [0.1, 0.15) is 25.6 Å². The second-order valence-corrected chi connectivity index (χ2v) is 6.63. The fourth-order valence-corrected chi connectivity index (χ4v) is 3.67. The zero-order valence-corrected chi connectivity index (χ0v) is 14.0. The second kappa shape index (κ2) is 6.58. The van der Waals surface area contributed by atoms with Crippen LogP contribution in [0.15, 0.2) is 30.3 Å². The first-order valence-electron chi connectivity index (χ1n) is 8.57. The number of hydrogen-bond donors (Lipinski definition) is 0. The van der Waals surface area contributed by atoms with Crippen molar-refractivity contribution >= 4 is 0 Å². The molecule has 128 valence electrons. The van der Waals surface area contributed by atoms with Gasteiger partial charge < -0.3 is 9.47 Å². The standard InChI is InChI=1S/C17H23N5O2/c1-17(23-10-11-24-17)14-6-5-9-21(12-14)13-16-18-19-20-22(16)15-7-3-2-4-8-15/h2-4,7-8,14H,5-6,9-13H2,1H3/t14-/m1/s1. The van der Waals surface area contributed by atoms with E-state index in [-0.39, 0.29) is 0 Å². The number of benzene rings is 1. The number of rotatable bonds is 4. The van der Waals surface area contributed by atoms with Gasteiger partial charge in [0.25, 0.3) is 0 Å². The molecule has 7 heteroatoms. The Labute approximate surface area is 141 Å². The largest absolute Gasteiger partial charge is 0.347 e. The van der Waals surface area contributed by atoms with Crippen molar-refractivity contribution < 1.29 is 9.47 Å². The fourth-order valence-electron chi connectivity index (χ4n) is 3.67. The molecule has 2 aliphatic rings. The summed E-state index contributed by atoms with van der Waals surface area (Å²) in [6.45, 7) is 6.18. The zero-order valence-electron chi connectivity index (χ0n) is 14.0. The maximum Gasteiger partial charge on any atom is 0.170 e. The number of tetrazole rings is 1. The van der Waals surface area contributed by atoms with Crippen molar-refractivity contribution in [1.82, 2.24) is 25.1 Å². The van der Waals surface area contributed by atoms with Crippen molar-refractivity contribution in [1.29, 1.82) is 0 Å². The number of hydrogen-bond acceptors (Lipinski definition) is 6. The van der Waals surface area contributed by atoms with Gasteiger partial charge in [-0.25, -0.2) is 0 Å². The van der Waals surface area contributed by atoms with Gasteiger partial charge in [0.2, 0.25) is 0 Å². The van der Waals surface area contributed by atoms with Crippen molar-refractivity contribution in [3.8, 4) is 5.69 Å². The number of para-hydroxylation sites is 1. The molecule has 0 saturated carbocycles. The van der Waals surface area contributed by atoms with Crippen molar-refractivity contribution in [2.24, 2.45) is 5.92 Å². The highest BCUT2D eigenvalue weighted by molar-refractivity contribution is 5.30. The lowest BCUT2D eigenvalue weighted by Gasteiger charge is -2.39. The minimum Gasteiger partial charge on any atom is -0.347 e. The third kappa shape index (κ3) is 3.07. The Morgan fingerprint density at radius 1 is 1.21 bits per heavy atom. The van der Waals surface area contributed by atoms with Gasteiger partial charge in [0.15, 0.2) is 11.6 Å². The smallest absolute Gasteiger partial charge is 0.170 e. The number of nitrogens with zero attached hydrogens (tertiary/aromatic N) is 5. The summed E-state index contributed by atoms with van der Waals surface area (Å²) < 4.78 is 13.5. The Morgan fingerprint density at radius 2 is 2.00 bits per heavy atom. The van der Waals surface area contributed by atoms with Crippen LogP contribution in [0.2, 0.25) is 0 Å². The molecule has 0 radical (unpaired) electrons. The second-order valence-electron chi connectivity index (χ2n) is 6.63. The number of ether oxygens (including phenoxy) is 2. The van der Waals surface area contributed by atoms with E-state index in [0.717, 1.165) is 44.0 Å². The lowest BCUT2D eigenvalue weighted by atomic mass is 9.90. The minimum absolute atomic E-state index is 0.384. The van der Waals surface area contributed by atoms with Gasteiger partial charge in [-0.05, 0) is 48.9 Å². The zero-order chi connectivity index (χ0) is 16.4. The Kier molecular flexibility index (Phi) is 4.30. The summed E-state index contributed by atoms with van der Waals surface area (Å²) in [5.41, 5.74) is 0.987. The molecule has 1 aromatic heterocycles. The van der Waals surface area contributed by atoms with Crippen LogP contribution in [0.25, 0.3) is 5.69 Å². The maximum atomic E-state index is 5.86. The van der Waals surface area contributed by atoms with Gasteiger partial charge in [-0.2, -0.15) is 4.68 Å². The van der Waals surface area contributed by atoms with Crippen LogP contribution in [-0.2, 0) is 16.0 Å². The van der Waals surface area contributed by atoms with Crippen molar-refractivity contribution in [3.63, 3.8) is 0 Å². The molecular formula is C17H23N5O2. The van der Waals surface area contributed by atoms with Gasteiger partial charge in [-0.15, -0.1) is 5.10 Å². The first-order chi connectivity index (χ1) is 11.7. The van der Waals surface area contributed by atoms with E-state index in [2.05, 4.69) is 27.3 Å². The van der Waals surface area contributed by atoms with E-state index in [9.17, 15) is 0 Å². The number of likely N-dealkylation sites (tertiary alicyclic amines) is 1. The first kappa shape index (κ1) is 15.7. The Balaban J connectivity index is 1.47. The highest BCUT2D eigenvalue weighted by Crippen LogP contribution is 2.34. The molecule has 2 aliphatic heterocycles. The molecule has 24 heavy (non-hydrogen) atoms. The molecule has 4 rings (SSSR count). The van der Waals surface area contributed by atoms with E-state index in [1.165, 1.54) is 0 Å². The fraction of sp³-hybridized carbons (Fsp3) is 0.588. The van der Waals surface area contributed by atoms with Crippen LogP contribution < -0.4 is 0 Å². The van der Waals surface area contributed by atoms with Crippen molar-refractivity contribution in [2.45, 2.75) is 32.1 Å². The highest BCUT2D eigenvalue weighted by Gasteiger charge is 2.41. The number of piperidine rings is 1. The van der Waals surface area contributed by atoms with Gasteiger partial charge >= 0.3 is 0 Å². The molecule has 0 spiro atoms. The third-order valence-corrected chi connectivity index (χ3v) is 5.01. The van der Waals surface area contributed by atoms with Gasteiger partial charge in [0, 0.05) is 12.5 Å². The van der Waals surface area contributed by atoms with Gasteiger partial charge in [-0.1, -0.05) is 18.2 Å². The van der Waals surface area contributed by atoms with Gasteiger partial charge in [-0.3, -0.25) is 4.90 Å². The van der Waals surface area contributed by atoms with Crippen molar-refractivity contribution in [2.75, 3.05) is 26.3 Å². The van der Waals surface area contributed by atoms with E-state index in [0.29, 0.717) is 19.1 Å². The van der Waals surface area contributed by atoms with Crippen LogP contribution in [0.3, 0.4) is 0 Å². The molecule has 1 atom stereocenters. The molecule has 2 fully saturated rings. The summed E-state index contributed by atoms with van der Waals surface area (Å²) >= 11 is 0. The molecule has 7 nitrogen and oxygen atoms in total. The summed E-state index contributed by atoms with van der Waals surface area (Å²) in [5.74, 6) is 0.805. The molecule has 0 N–H and O–H groups in total. The molecule has 2 aromatic rings. The summed E-state index contributed by atoms with van der Waals surface area (Å²) in [6, 6.07) is 10.0. The highest BCUT2D eigenvalue weighted by atomic mass is 16.7. The third-order valence-electron chi connectivity index (χ3n) is 5.01. The van der Waals surface area contributed by atoms with E-state index in [1.807, 2.05) is 35.0 Å². The molecule has 3 heterocycles. The summed E-state index contributed by atoms with van der Waals surface area (Å²) in [5, 5.41) is 12.2. The molecule has 0 aliphatic carbocycles. The van der Waals surface area contributed by atoms with E-state index < -0.39 is 5.79 Å². The quantitative estimate of drug-likeness (QED) is 0.849. The predicted molar refractivity (Wildman–Crippen MR) is 87.5 cm³/mol. The minimum atomic E-state index is -0.440. The molecular weight excluding hydrogens is 306 g/mol. The lowest BCUT2D eigenvalue weighted by Crippen LogP contribution is -2.46. The summed E-state index contributed by atoms with van der Waals surface area (Å²) in [4.78, 5) is 2.40. The first-order valence-corrected chi connectivity index (χ1v) is 8.57. The Morgan fingerprint density at radius 3 is 2.79 bits per heavy atom. The average molecular weight is 329 g/mol. The van der Waals surface area contributed by atoms with Crippen LogP contribution in [-0.4, -0.2) is 57.2 Å². The normalized spacial score (nSPS) is 24.3. The maximum absolute atomic E-state index is 5.86. The SMILES string of the molecule is CC1([C@@H]2CCCN(Cc3nnnn3-c3ccccc3)C2)OCCO1. The lowest BCUT2D eigenvalue weighted by molar-refractivity contribution is -0.192. The van der Waals surface area contributed by atoms with Gasteiger partial charge in [0.1, 0.15) is 0 Å². The van der Waals surface area contributed by atoms with Gasteiger partial charge in [0.05, 0.1) is 25.4 Å². The number of aromatic nitrogens is 4. The molecule has 0 amide bonds. The van der Waals surface area contributed by atoms with E-state index >= 15 is 0 Å². The Hall–Kier alpha value is -1.83. The molecule has 2 saturated heterocycles.